The Labute approximate surface area is 169 Å². The highest BCUT2D eigenvalue weighted by atomic mass is 19.1. The SMILES string of the molecule is CCOC(=O)C1=CN(C(=O)c2cc(F)cc(F)c2)CCc2c1[nH]c1ccc(F)cc21. The van der Waals surface area contributed by atoms with Crippen LogP contribution in [0.2, 0.25) is 0 Å². The molecule has 0 fully saturated rings. The monoisotopic (exact) mass is 414 g/mol. The van der Waals surface area contributed by atoms with E-state index in [1.54, 1.807) is 13.0 Å². The van der Waals surface area contributed by atoms with E-state index in [0.717, 1.165) is 12.1 Å². The minimum Gasteiger partial charge on any atom is -0.462 e. The Morgan fingerprint density at radius 1 is 1.07 bits per heavy atom. The number of hydrogen-bond donors (Lipinski definition) is 1. The topological polar surface area (TPSA) is 62.4 Å². The molecule has 1 aliphatic heterocycles. The molecule has 2 aromatic carbocycles. The summed E-state index contributed by atoms with van der Waals surface area (Å²) in [6, 6.07) is 6.76. The second-order valence-corrected chi connectivity index (χ2v) is 6.84. The summed E-state index contributed by atoms with van der Waals surface area (Å²) in [5.41, 5.74) is 1.61. The van der Waals surface area contributed by atoms with E-state index in [-0.39, 0.29) is 24.3 Å². The molecule has 5 nitrogen and oxygen atoms in total. The Morgan fingerprint density at radius 3 is 2.50 bits per heavy atom. The van der Waals surface area contributed by atoms with Crippen molar-refractivity contribution < 1.29 is 27.5 Å². The van der Waals surface area contributed by atoms with Crippen molar-refractivity contribution in [3.05, 3.63) is 76.9 Å². The average Bonchev–Trinajstić information content (AvgIpc) is 2.93. The second-order valence-electron chi connectivity index (χ2n) is 6.84. The fourth-order valence-corrected chi connectivity index (χ4v) is 3.59. The first-order valence-electron chi connectivity index (χ1n) is 9.34. The molecule has 3 aromatic rings. The van der Waals surface area contributed by atoms with E-state index in [1.165, 1.54) is 23.2 Å². The number of ether oxygens (including phenoxy) is 1. The lowest BCUT2D eigenvalue weighted by Gasteiger charge is -2.18. The number of H-pyrrole nitrogens is 1. The lowest BCUT2D eigenvalue weighted by Crippen LogP contribution is -2.28. The summed E-state index contributed by atoms with van der Waals surface area (Å²) in [7, 11) is 0. The molecule has 1 N–H and O–H groups in total. The van der Waals surface area contributed by atoms with Crippen molar-refractivity contribution >= 4 is 28.4 Å². The van der Waals surface area contributed by atoms with Crippen LogP contribution in [0.4, 0.5) is 13.2 Å². The lowest BCUT2D eigenvalue weighted by atomic mass is 10.0. The summed E-state index contributed by atoms with van der Waals surface area (Å²) in [6.45, 7) is 1.88. The summed E-state index contributed by atoms with van der Waals surface area (Å²) in [6.07, 6.45) is 1.60. The molecule has 30 heavy (non-hydrogen) atoms. The fraction of sp³-hybridized carbons (Fsp3) is 0.182. The van der Waals surface area contributed by atoms with Gasteiger partial charge in [0.15, 0.2) is 0 Å². The van der Waals surface area contributed by atoms with Gasteiger partial charge >= 0.3 is 5.97 Å². The summed E-state index contributed by atoms with van der Waals surface area (Å²) >= 11 is 0. The molecule has 1 aliphatic rings. The van der Waals surface area contributed by atoms with Crippen LogP contribution >= 0.6 is 0 Å². The van der Waals surface area contributed by atoms with Gasteiger partial charge in [-0.05, 0) is 49.2 Å². The number of halogens is 3. The van der Waals surface area contributed by atoms with Crippen LogP contribution in [0.1, 0.15) is 28.5 Å². The molecule has 0 saturated heterocycles. The number of benzene rings is 2. The van der Waals surface area contributed by atoms with Crippen LogP contribution in [-0.4, -0.2) is 34.9 Å². The Morgan fingerprint density at radius 2 is 1.80 bits per heavy atom. The van der Waals surface area contributed by atoms with Gasteiger partial charge in [0.2, 0.25) is 0 Å². The number of nitrogens with zero attached hydrogens (tertiary/aromatic N) is 1. The molecule has 0 bridgehead atoms. The standard InChI is InChI=1S/C22H17F3N2O3/c1-2-30-22(29)18-11-27(21(28)12-7-14(24)9-15(25)8-12)6-5-16-17-10-13(23)3-4-19(17)26-20(16)18/h3-4,7-11,26H,2,5-6H2,1H3. The molecule has 0 saturated carbocycles. The van der Waals surface area contributed by atoms with Gasteiger partial charge in [-0.1, -0.05) is 0 Å². The van der Waals surface area contributed by atoms with Crippen molar-refractivity contribution in [1.82, 2.24) is 9.88 Å². The fourth-order valence-electron chi connectivity index (χ4n) is 3.59. The highest BCUT2D eigenvalue weighted by Gasteiger charge is 2.28. The summed E-state index contributed by atoms with van der Waals surface area (Å²) < 4.78 is 46.1. The van der Waals surface area contributed by atoms with Crippen LogP contribution in [0.15, 0.2) is 42.6 Å². The smallest absolute Gasteiger partial charge is 0.341 e. The van der Waals surface area contributed by atoms with Gasteiger partial charge < -0.3 is 14.6 Å². The van der Waals surface area contributed by atoms with Gasteiger partial charge in [-0.25, -0.2) is 18.0 Å². The number of aromatic amines is 1. The first-order valence-corrected chi connectivity index (χ1v) is 9.34. The zero-order valence-corrected chi connectivity index (χ0v) is 16.0. The quantitative estimate of drug-likeness (QED) is 0.654. The number of carbonyl (C=O) groups excluding carboxylic acids is 2. The number of rotatable bonds is 3. The Balaban J connectivity index is 1.81. The van der Waals surface area contributed by atoms with Crippen molar-refractivity contribution in [3.63, 3.8) is 0 Å². The molecule has 154 valence electrons. The van der Waals surface area contributed by atoms with Crippen LogP contribution < -0.4 is 0 Å². The Hall–Kier alpha value is -3.55. The third kappa shape index (κ3) is 3.56. The average molecular weight is 414 g/mol. The molecule has 4 rings (SSSR count). The maximum Gasteiger partial charge on any atom is 0.341 e. The number of hydrogen-bond acceptors (Lipinski definition) is 3. The Kier molecular flexibility index (Phi) is 5.07. The number of esters is 1. The molecule has 2 heterocycles. The highest BCUT2D eigenvalue weighted by molar-refractivity contribution is 6.18. The van der Waals surface area contributed by atoms with Crippen LogP contribution in [0.5, 0.6) is 0 Å². The van der Waals surface area contributed by atoms with Crippen LogP contribution in [0, 0.1) is 17.5 Å². The summed E-state index contributed by atoms with van der Waals surface area (Å²) in [4.78, 5) is 29.8. The molecule has 0 atom stereocenters. The largest absolute Gasteiger partial charge is 0.462 e. The molecule has 1 amide bonds. The van der Waals surface area contributed by atoms with E-state index in [1.807, 2.05) is 0 Å². The molecular weight excluding hydrogens is 397 g/mol. The van der Waals surface area contributed by atoms with Gasteiger partial charge in [0.05, 0.1) is 17.9 Å². The van der Waals surface area contributed by atoms with Gasteiger partial charge in [-0.3, -0.25) is 4.79 Å². The van der Waals surface area contributed by atoms with Gasteiger partial charge in [0.1, 0.15) is 17.5 Å². The molecule has 0 spiro atoms. The predicted molar refractivity (Wildman–Crippen MR) is 104 cm³/mol. The minimum atomic E-state index is -0.880. The molecule has 0 aliphatic carbocycles. The molecular formula is C22H17F3N2O3. The predicted octanol–water partition coefficient (Wildman–Crippen LogP) is 4.19. The third-order valence-electron chi connectivity index (χ3n) is 4.89. The maximum atomic E-state index is 13.8. The van der Waals surface area contributed by atoms with Crippen molar-refractivity contribution in [2.75, 3.05) is 13.2 Å². The van der Waals surface area contributed by atoms with Gasteiger partial charge in [0, 0.05) is 35.3 Å². The van der Waals surface area contributed by atoms with Gasteiger partial charge in [0.25, 0.3) is 5.91 Å². The molecule has 1 aromatic heterocycles. The number of amides is 1. The first-order chi connectivity index (χ1) is 14.4. The van der Waals surface area contributed by atoms with Gasteiger partial charge in [-0.2, -0.15) is 0 Å². The van der Waals surface area contributed by atoms with E-state index in [9.17, 15) is 22.8 Å². The Bertz CT molecular complexity index is 1180. The minimum absolute atomic E-state index is 0.0752. The van der Waals surface area contributed by atoms with E-state index in [0.29, 0.717) is 34.6 Å². The first kappa shape index (κ1) is 19.8. The van der Waals surface area contributed by atoms with Crippen LogP contribution in [-0.2, 0) is 16.0 Å². The van der Waals surface area contributed by atoms with E-state index < -0.39 is 29.3 Å². The zero-order valence-electron chi connectivity index (χ0n) is 16.0. The van der Waals surface area contributed by atoms with E-state index in [4.69, 9.17) is 4.74 Å². The summed E-state index contributed by atoms with van der Waals surface area (Å²) in [5, 5.41) is 0.589. The van der Waals surface area contributed by atoms with Crippen molar-refractivity contribution in [1.29, 1.82) is 0 Å². The second kappa shape index (κ2) is 7.70. The number of carbonyl (C=O) groups is 2. The molecule has 8 heteroatoms. The maximum absolute atomic E-state index is 13.8. The molecule has 0 unspecified atom stereocenters. The van der Waals surface area contributed by atoms with Crippen molar-refractivity contribution in [3.8, 4) is 0 Å². The van der Waals surface area contributed by atoms with Crippen molar-refractivity contribution in [2.24, 2.45) is 0 Å². The lowest BCUT2D eigenvalue weighted by molar-refractivity contribution is -0.136. The number of nitrogens with one attached hydrogen (secondary N) is 1. The van der Waals surface area contributed by atoms with E-state index in [2.05, 4.69) is 4.98 Å². The van der Waals surface area contributed by atoms with Crippen LogP contribution in [0.25, 0.3) is 16.5 Å². The normalized spacial score (nSPS) is 13.6. The number of fused-ring (bicyclic) bond motifs is 3. The molecule has 0 radical (unpaired) electrons. The van der Waals surface area contributed by atoms with Crippen molar-refractivity contribution in [2.45, 2.75) is 13.3 Å². The summed E-state index contributed by atoms with van der Waals surface area (Å²) in [5.74, 6) is -3.53. The number of aromatic nitrogens is 1. The highest BCUT2D eigenvalue weighted by Crippen LogP contribution is 2.32. The zero-order chi connectivity index (χ0) is 21.4. The third-order valence-corrected chi connectivity index (χ3v) is 4.89. The van der Waals surface area contributed by atoms with Crippen LogP contribution in [0.3, 0.4) is 0 Å². The van der Waals surface area contributed by atoms with Gasteiger partial charge in [-0.15, -0.1) is 0 Å². The van der Waals surface area contributed by atoms with E-state index >= 15 is 0 Å².